The quantitative estimate of drug-likeness (QED) is 0.848. The SMILES string of the molecule is CN(CCc1ccncc1)C(=O)CN1CCc2ccccc21. The standard InChI is InChI=1S/C18H21N3O/c1-20(12-8-15-6-10-19-11-7-15)18(22)14-21-13-9-16-4-2-3-5-17(16)21/h2-7,10-11H,8-9,12-14H2,1H3. The summed E-state index contributed by atoms with van der Waals surface area (Å²) in [5.74, 6) is 0.172. The van der Waals surface area contributed by atoms with Gasteiger partial charge in [0.2, 0.25) is 5.91 Å². The summed E-state index contributed by atoms with van der Waals surface area (Å²) in [6, 6.07) is 12.3. The molecule has 0 fully saturated rings. The lowest BCUT2D eigenvalue weighted by Gasteiger charge is -2.23. The molecule has 1 aliphatic heterocycles. The maximum absolute atomic E-state index is 12.4. The third kappa shape index (κ3) is 3.27. The first kappa shape index (κ1) is 14.6. The molecule has 4 heteroatoms. The molecule has 2 heterocycles. The average Bonchev–Trinajstić information content (AvgIpc) is 2.97. The zero-order valence-corrected chi connectivity index (χ0v) is 12.9. The van der Waals surface area contributed by atoms with Crippen LogP contribution in [0.25, 0.3) is 0 Å². The number of fused-ring (bicyclic) bond motifs is 1. The molecule has 0 bridgehead atoms. The smallest absolute Gasteiger partial charge is 0.241 e. The van der Waals surface area contributed by atoms with Crippen LogP contribution in [-0.4, -0.2) is 42.5 Å². The van der Waals surface area contributed by atoms with Crippen LogP contribution in [0.2, 0.25) is 0 Å². The van der Waals surface area contributed by atoms with Gasteiger partial charge in [0, 0.05) is 38.2 Å². The van der Waals surface area contributed by atoms with E-state index in [-0.39, 0.29) is 5.91 Å². The van der Waals surface area contributed by atoms with Gasteiger partial charge in [-0.2, -0.15) is 0 Å². The Morgan fingerprint density at radius 3 is 2.82 bits per heavy atom. The third-order valence-corrected chi connectivity index (χ3v) is 4.22. The Morgan fingerprint density at radius 1 is 1.23 bits per heavy atom. The number of benzene rings is 1. The second-order valence-corrected chi connectivity index (χ2v) is 5.72. The molecule has 114 valence electrons. The highest BCUT2D eigenvalue weighted by atomic mass is 16.2. The Bertz CT molecular complexity index is 642. The van der Waals surface area contributed by atoms with Crippen LogP contribution in [0, 0.1) is 0 Å². The normalized spacial score (nSPS) is 13.0. The Morgan fingerprint density at radius 2 is 2.00 bits per heavy atom. The first-order valence-corrected chi connectivity index (χ1v) is 7.70. The first-order chi connectivity index (χ1) is 10.7. The molecule has 1 aromatic carbocycles. The predicted octanol–water partition coefficient (Wildman–Crippen LogP) is 2.15. The van der Waals surface area contributed by atoms with Crippen molar-refractivity contribution in [3.8, 4) is 0 Å². The van der Waals surface area contributed by atoms with Gasteiger partial charge in [0.05, 0.1) is 6.54 Å². The summed E-state index contributed by atoms with van der Waals surface area (Å²) in [6.45, 7) is 2.13. The summed E-state index contributed by atoms with van der Waals surface area (Å²) in [5.41, 5.74) is 3.76. The van der Waals surface area contributed by atoms with Crippen molar-refractivity contribution in [2.75, 3.05) is 31.6 Å². The molecule has 0 atom stereocenters. The summed E-state index contributed by atoms with van der Waals surface area (Å²) in [4.78, 5) is 20.4. The fraction of sp³-hybridized carbons (Fsp3) is 0.333. The molecule has 0 radical (unpaired) electrons. The van der Waals surface area contributed by atoms with E-state index in [9.17, 15) is 4.79 Å². The number of para-hydroxylation sites is 1. The number of amides is 1. The van der Waals surface area contributed by atoms with E-state index in [1.165, 1.54) is 16.8 Å². The summed E-state index contributed by atoms with van der Waals surface area (Å²) < 4.78 is 0. The topological polar surface area (TPSA) is 36.4 Å². The van der Waals surface area contributed by atoms with E-state index in [1.54, 1.807) is 12.4 Å². The van der Waals surface area contributed by atoms with Gasteiger partial charge in [0.1, 0.15) is 0 Å². The van der Waals surface area contributed by atoms with Crippen LogP contribution in [0.15, 0.2) is 48.8 Å². The number of nitrogens with zero attached hydrogens (tertiary/aromatic N) is 3. The lowest BCUT2D eigenvalue weighted by molar-refractivity contribution is -0.128. The van der Waals surface area contributed by atoms with Crippen LogP contribution >= 0.6 is 0 Å². The Labute approximate surface area is 131 Å². The van der Waals surface area contributed by atoms with Gasteiger partial charge in [0.25, 0.3) is 0 Å². The summed E-state index contributed by atoms with van der Waals surface area (Å²) in [5, 5.41) is 0. The number of carbonyl (C=O) groups is 1. The largest absolute Gasteiger partial charge is 0.362 e. The fourth-order valence-corrected chi connectivity index (χ4v) is 2.83. The fourth-order valence-electron chi connectivity index (χ4n) is 2.83. The molecule has 0 unspecified atom stereocenters. The van der Waals surface area contributed by atoms with Gasteiger partial charge in [-0.15, -0.1) is 0 Å². The predicted molar refractivity (Wildman–Crippen MR) is 87.9 cm³/mol. The molecule has 1 aromatic heterocycles. The van der Waals surface area contributed by atoms with Crippen molar-refractivity contribution in [3.05, 3.63) is 59.9 Å². The minimum absolute atomic E-state index is 0.172. The lowest BCUT2D eigenvalue weighted by Crippen LogP contribution is -2.38. The highest BCUT2D eigenvalue weighted by molar-refractivity contribution is 5.82. The zero-order chi connectivity index (χ0) is 15.4. The summed E-state index contributed by atoms with van der Waals surface area (Å²) >= 11 is 0. The van der Waals surface area contributed by atoms with E-state index in [2.05, 4.69) is 28.1 Å². The van der Waals surface area contributed by atoms with Crippen LogP contribution in [0.5, 0.6) is 0 Å². The molecule has 0 spiro atoms. The van der Waals surface area contributed by atoms with E-state index in [4.69, 9.17) is 0 Å². The van der Waals surface area contributed by atoms with E-state index in [0.717, 1.165) is 25.9 Å². The molecule has 22 heavy (non-hydrogen) atoms. The molecule has 4 nitrogen and oxygen atoms in total. The summed E-state index contributed by atoms with van der Waals surface area (Å²) in [6.07, 6.45) is 5.47. The molecule has 1 amide bonds. The number of anilines is 1. The second-order valence-electron chi connectivity index (χ2n) is 5.72. The van der Waals surface area contributed by atoms with Crippen LogP contribution in [0.1, 0.15) is 11.1 Å². The molecule has 3 rings (SSSR count). The Balaban J connectivity index is 1.54. The van der Waals surface area contributed by atoms with E-state index >= 15 is 0 Å². The Kier molecular flexibility index (Phi) is 4.37. The van der Waals surface area contributed by atoms with E-state index < -0.39 is 0 Å². The van der Waals surface area contributed by atoms with E-state index in [1.807, 2.05) is 30.1 Å². The van der Waals surface area contributed by atoms with Crippen LogP contribution in [-0.2, 0) is 17.6 Å². The van der Waals surface area contributed by atoms with Crippen molar-refractivity contribution in [3.63, 3.8) is 0 Å². The van der Waals surface area contributed by atoms with Gasteiger partial charge < -0.3 is 9.80 Å². The first-order valence-electron chi connectivity index (χ1n) is 7.70. The molecule has 1 aliphatic rings. The number of hydrogen-bond acceptors (Lipinski definition) is 3. The van der Waals surface area contributed by atoms with Gasteiger partial charge in [-0.05, 0) is 42.2 Å². The van der Waals surface area contributed by atoms with Gasteiger partial charge in [-0.3, -0.25) is 9.78 Å². The van der Waals surface area contributed by atoms with Gasteiger partial charge >= 0.3 is 0 Å². The highest BCUT2D eigenvalue weighted by Crippen LogP contribution is 2.26. The maximum Gasteiger partial charge on any atom is 0.241 e. The van der Waals surface area contributed by atoms with Crippen LogP contribution in [0.4, 0.5) is 5.69 Å². The number of hydrogen-bond donors (Lipinski definition) is 0. The monoisotopic (exact) mass is 295 g/mol. The molecule has 2 aromatic rings. The summed E-state index contributed by atoms with van der Waals surface area (Å²) in [7, 11) is 1.88. The van der Waals surface area contributed by atoms with Crippen molar-refractivity contribution in [2.45, 2.75) is 12.8 Å². The molecule has 0 aliphatic carbocycles. The molecule has 0 saturated carbocycles. The van der Waals surface area contributed by atoms with Crippen molar-refractivity contribution in [1.29, 1.82) is 0 Å². The van der Waals surface area contributed by atoms with Gasteiger partial charge in [-0.25, -0.2) is 0 Å². The lowest BCUT2D eigenvalue weighted by atomic mass is 10.2. The van der Waals surface area contributed by atoms with Gasteiger partial charge in [-0.1, -0.05) is 18.2 Å². The number of aromatic nitrogens is 1. The molecule has 0 saturated heterocycles. The minimum atomic E-state index is 0.172. The molecular formula is C18H21N3O. The highest BCUT2D eigenvalue weighted by Gasteiger charge is 2.21. The zero-order valence-electron chi connectivity index (χ0n) is 12.9. The van der Waals surface area contributed by atoms with Gasteiger partial charge in [0.15, 0.2) is 0 Å². The van der Waals surface area contributed by atoms with Crippen molar-refractivity contribution < 1.29 is 4.79 Å². The average molecular weight is 295 g/mol. The number of carbonyl (C=O) groups excluding carboxylic acids is 1. The number of likely N-dealkylation sites (N-methyl/N-ethyl adjacent to an activating group) is 1. The Hall–Kier alpha value is -2.36. The van der Waals surface area contributed by atoms with Crippen molar-refractivity contribution in [1.82, 2.24) is 9.88 Å². The van der Waals surface area contributed by atoms with Crippen molar-refractivity contribution >= 4 is 11.6 Å². The maximum atomic E-state index is 12.4. The minimum Gasteiger partial charge on any atom is -0.362 e. The van der Waals surface area contributed by atoms with Crippen LogP contribution in [0.3, 0.4) is 0 Å². The van der Waals surface area contributed by atoms with Crippen LogP contribution < -0.4 is 4.90 Å². The third-order valence-electron chi connectivity index (χ3n) is 4.22. The van der Waals surface area contributed by atoms with E-state index in [0.29, 0.717) is 6.54 Å². The number of pyridine rings is 1. The molecular weight excluding hydrogens is 274 g/mol. The molecule has 0 N–H and O–H groups in total. The van der Waals surface area contributed by atoms with Crippen molar-refractivity contribution in [2.24, 2.45) is 0 Å². The number of rotatable bonds is 5. The second kappa shape index (κ2) is 6.60.